The number of benzene rings is 1. The van der Waals surface area contributed by atoms with Crippen molar-refractivity contribution < 1.29 is 4.79 Å². The molecule has 0 fully saturated rings. The molecule has 1 aromatic rings. The molecule has 3 N–H and O–H groups in total. The Morgan fingerprint density at radius 1 is 1.46 bits per heavy atom. The lowest BCUT2D eigenvalue weighted by Gasteiger charge is -2.24. The molecule has 0 bridgehead atoms. The summed E-state index contributed by atoms with van der Waals surface area (Å²) >= 11 is 0. The highest BCUT2D eigenvalue weighted by Gasteiger charge is 2.22. The third kappa shape index (κ3) is 1.31. The second-order valence-corrected chi connectivity index (χ2v) is 3.23. The Hall–Kier alpha value is -1.35. The predicted molar refractivity (Wildman–Crippen MR) is 50.6 cm³/mol. The summed E-state index contributed by atoms with van der Waals surface area (Å²) in [5.74, 6) is 0.286. The maximum atomic E-state index is 11.4. The number of rotatable bonds is 1. The fourth-order valence-electron chi connectivity index (χ4n) is 1.69. The van der Waals surface area contributed by atoms with Crippen LogP contribution in [0.25, 0.3) is 0 Å². The molecule has 13 heavy (non-hydrogen) atoms. The molecule has 3 heteroatoms. The normalized spacial score (nSPS) is 20.7. The molecule has 2 rings (SSSR count). The first kappa shape index (κ1) is 8.26. The van der Waals surface area contributed by atoms with Crippen molar-refractivity contribution in [3.8, 4) is 0 Å². The lowest BCUT2D eigenvalue weighted by molar-refractivity contribution is 0.0940. The Morgan fingerprint density at radius 3 is 3.00 bits per heavy atom. The Kier molecular flexibility index (Phi) is 2.02. The van der Waals surface area contributed by atoms with Crippen molar-refractivity contribution in [2.24, 2.45) is 5.73 Å². The van der Waals surface area contributed by atoms with Crippen molar-refractivity contribution in [3.05, 3.63) is 35.4 Å². The quantitative estimate of drug-likeness (QED) is 0.653. The molecule has 0 aromatic heterocycles. The van der Waals surface area contributed by atoms with Crippen LogP contribution in [0.1, 0.15) is 21.8 Å². The van der Waals surface area contributed by atoms with E-state index in [0.717, 1.165) is 11.1 Å². The van der Waals surface area contributed by atoms with E-state index < -0.39 is 0 Å². The fourth-order valence-corrected chi connectivity index (χ4v) is 1.69. The summed E-state index contributed by atoms with van der Waals surface area (Å²) in [6, 6.07) is 7.63. The second kappa shape index (κ2) is 3.18. The van der Waals surface area contributed by atoms with Gasteiger partial charge >= 0.3 is 0 Å². The highest BCUT2D eigenvalue weighted by Crippen LogP contribution is 2.22. The number of fused-ring (bicyclic) bond motifs is 1. The first-order valence-electron chi connectivity index (χ1n) is 4.40. The van der Waals surface area contributed by atoms with Crippen molar-refractivity contribution in [2.45, 2.75) is 5.92 Å². The average molecular weight is 176 g/mol. The van der Waals surface area contributed by atoms with Gasteiger partial charge in [0.05, 0.1) is 0 Å². The van der Waals surface area contributed by atoms with E-state index in [9.17, 15) is 4.79 Å². The van der Waals surface area contributed by atoms with Gasteiger partial charge in [-0.05, 0) is 11.6 Å². The second-order valence-electron chi connectivity index (χ2n) is 3.23. The zero-order chi connectivity index (χ0) is 9.26. The van der Waals surface area contributed by atoms with Crippen LogP contribution < -0.4 is 11.1 Å². The van der Waals surface area contributed by atoms with Gasteiger partial charge in [0.15, 0.2) is 0 Å². The third-order valence-corrected chi connectivity index (χ3v) is 2.44. The van der Waals surface area contributed by atoms with E-state index in [2.05, 4.69) is 5.32 Å². The van der Waals surface area contributed by atoms with Gasteiger partial charge in [0.2, 0.25) is 0 Å². The topological polar surface area (TPSA) is 55.1 Å². The molecule has 0 spiro atoms. The standard InChI is InChI=1S/C10H12N2O/c11-5-7-6-12-10(13)9-4-2-1-3-8(7)9/h1-4,7H,5-6,11H2,(H,12,13). The molecule has 1 unspecified atom stereocenters. The first-order valence-corrected chi connectivity index (χ1v) is 4.40. The van der Waals surface area contributed by atoms with Crippen molar-refractivity contribution in [1.82, 2.24) is 5.32 Å². The number of hydrogen-bond acceptors (Lipinski definition) is 2. The summed E-state index contributed by atoms with van der Waals surface area (Å²) in [5, 5.41) is 2.82. The monoisotopic (exact) mass is 176 g/mol. The highest BCUT2D eigenvalue weighted by molar-refractivity contribution is 5.97. The molecule has 3 nitrogen and oxygen atoms in total. The summed E-state index contributed by atoms with van der Waals surface area (Å²) < 4.78 is 0. The molecule has 1 aromatic carbocycles. The smallest absolute Gasteiger partial charge is 0.251 e. The molecule has 1 amide bonds. The number of nitrogens with two attached hydrogens (primary N) is 1. The van der Waals surface area contributed by atoms with Crippen LogP contribution in [0.4, 0.5) is 0 Å². The van der Waals surface area contributed by atoms with E-state index >= 15 is 0 Å². The van der Waals surface area contributed by atoms with Gasteiger partial charge in [-0.2, -0.15) is 0 Å². The lowest BCUT2D eigenvalue weighted by Crippen LogP contribution is -2.37. The van der Waals surface area contributed by atoms with Gasteiger partial charge in [-0.25, -0.2) is 0 Å². The number of carbonyl (C=O) groups excluding carboxylic acids is 1. The minimum atomic E-state index is 0.0142. The van der Waals surface area contributed by atoms with Crippen molar-refractivity contribution in [3.63, 3.8) is 0 Å². The molecule has 1 heterocycles. The molecule has 0 saturated carbocycles. The maximum absolute atomic E-state index is 11.4. The number of hydrogen-bond donors (Lipinski definition) is 2. The molecule has 1 atom stereocenters. The van der Waals surface area contributed by atoms with Gasteiger partial charge < -0.3 is 11.1 Å². The zero-order valence-electron chi connectivity index (χ0n) is 7.29. The van der Waals surface area contributed by atoms with Crippen LogP contribution in [0.5, 0.6) is 0 Å². The summed E-state index contributed by atoms with van der Waals surface area (Å²) in [4.78, 5) is 11.4. The zero-order valence-corrected chi connectivity index (χ0v) is 7.29. The van der Waals surface area contributed by atoms with Crippen LogP contribution in [-0.2, 0) is 0 Å². The SMILES string of the molecule is NCC1CNC(=O)c2ccccc21. The molecule has 68 valence electrons. The van der Waals surface area contributed by atoms with E-state index in [1.165, 1.54) is 0 Å². The maximum Gasteiger partial charge on any atom is 0.251 e. The minimum absolute atomic E-state index is 0.0142. The van der Waals surface area contributed by atoms with E-state index in [4.69, 9.17) is 5.73 Å². The third-order valence-electron chi connectivity index (χ3n) is 2.44. The molecule has 1 aliphatic heterocycles. The van der Waals surface area contributed by atoms with Crippen LogP contribution in [0.3, 0.4) is 0 Å². The summed E-state index contributed by atoms with van der Waals surface area (Å²) in [6.45, 7) is 1.24. The van der Waals surface area contributed by atoms with E-state index in [-0.39, 0.29) is 11.8 Å². The van der Waals surface area contributed by atoms with Gasteiger partial charge in [0.1, 0.15) is 0 Å². The van der Waals surface area contributed by atoms with E-state index in [1.807, 2.05) is 24.3 Å². The van der Waals surface area contributed by atoms with E-state index in [0.29, 0.717) is 13.1 Å². The Labute approximate surface area is 76.9 Å². The Bertz CT molecular complexity index is 335. The number of nitrogens with one attached hydrogen (secondary N) is 1. The molecule has 0 radical (unpaired) electrons. The van der Waals surface area contributed by atoms with Crippen LogP contribution in [0.15, 0.2) is 24.3 Å². The highest BCUT2D eigenvalue weighted by atomic mass is 16.1. The lowest BCUT2D eigenvalue weighted by atomic mass is 9.91. The van der Waals surface area contributed by atoms with Gasteiger partial charge in [-0.15, -0.1) is 0 Å². The van der Waals surface area contributed by atoms with E-state index in [1.54, 1.807) is 0 Å². The molecule has 0 saturated heterocycles. The molecular formula is C10H12N2O. The fraction of sp³-hybridized carbons (Fsp3) is 0.300. The van der Waals surface area contributed by atoms with Gasteiger partial charge in [0.25, 0.3) is 5.91 Å². The average Bonchev–Trinajstić information content (AvgIpc) is 2.19. The first-order chi connectivity index (χ1) is 6.33. The van der Waals surface area contributed by atoms with Crippen LogP contribution >= 0.6 is 0 Å². The van der Waals surface area contributed by atoms with Crippen molar-refractivity contribution in [1.29, 1.82) is 0 Å². The molecular weight excluding hydrogens is 164 g/mol. The number of carbonyl (C=O) groups is 1. The Balaban J connectivity index is 2.47. The largest absolute Gasteiger partial charge is 0.351 e. The number of amides is 1. The molecule has 1 aliphatic rings. The van der Waals surface area contributed by atoms with Crippen molar-refractivity contribution in [2.75, 3.05) is 13.1 Å². The van der Waals surface area contributed by atoms with Crippen LogP contribution in [0.2, 0.25) is 0 Å². The molecule has 0 aliphatic carbocycles. The van der Waals surface area contributed by atoms with Crippen molar-refractivity contribution >= 4 is 5.91 Å². The summed E-state index contributed by atoms with van der Waals surface area (Å²) in [7, 11) is 0. The van der Waals surface area contributed by atoms with Gasteiger partial charge in [0, 0.05) is 24.6 Å². The Morgan fingerprint density at radius 2 is 2.23 bits per heavy atom. The predicted octanol–water partition coefficient (Wildman–Crippen LogP) is 0.472. The summed E-state index contributed by atoms with van der Waals surface area (Å²) in [6.07, 6.45) is 0. The summed E-state index contributed by atoms with van der Waals surface area (Å²) in [5.41, 5.74) is 7.46. The van der Waals surface area contributed by atoms with Crippen LogP contribution in [0, 0.1) is 0 Å². The van der Waals surface area contributed by atoms with Gasteiger partial charge in [-0.3, -0.25) is 4.79 Å². The van der Waals surface area contributed by atoms with Crippen LogP contribution in [-0.4, -0.2) is 19.0 Å². The minimum Gasteiger partial charge on any atom is -0.351 e. The van der Waals surface area contributed by atoms with Gasteiger partial charge in [-0.1, -0.05) is 18.2 Å².